The van der Waals surface area contributed by atoms with E-state index in [2.05, 4.69) is 47.4 Å². The van der Waals surface area contributed by atoms with Gasteiger partial charge in [-0.3, -0.25) is 0 Å². The molecule has 2 rings (SSSR count). The molecule has 2 aromatic rings. The van der Waals surface area contributed by atoms with Crippen LogP contribution in [0.4, 0.5) is 5.69 Å². The van der Waals surface area contributed by atoms with Gasteiger partial charge in [-0.1, -0.05) is 35.5 Å². The van der Waals surface area contributed by atoms with Gasteiger partial charge in [0.05, 0.1) is 0 Å². The topological polar surface area (TPSA) is 61.8 Å². The summed E-state index contributed by atoms with van der Waals surface area (Å²) in [7, 11) is 2.07. The summed E-state index contributed by atoms with van der Waals surface area (Å²) in [6, 6.07) is 16.4. The van der Waals surface area contributed by atoms with Crippen LogP contribution in [0, 0.1) is 6.92 Å². The number of anilines is 1. The first kappa shape index (κ1) is 14.9. The monoisotopic (exact) mass is 283 g/mol. The highest BCUT2D eigenvalue weighted by Crippen LogP contribution is 2.18. The van der Waals surface area contributed by atoms with Crippen LogP contribution < -0.4 is 10.6 Å². The van der Waals surface area contributed by atoms with Crippen LogP contribution in [0.15, 0.2) is 53.7 Å². The lowest BCUT2D eigenvalue weighted by Crippen LogP contribution is -2.21. The van der Waals surface area contributed by atoms with Crippen molar-refractivity contribution in [2.45, 2.75) is 13.3 Å². The van der Waals surface area contributed by atoms with Gasteiger partial charge in [-0.25, -0.2) is 0 Å². The molecule has 0 amide bonds. The van der Waals surface area contributed by atoms with Crippen LogP contribution in [-0.2, 0) is 6.42 Å². The van der Waals surface area contributed by atoms with Gasteiger partial charge in [0.1, 0.15) is 0 Å². The summed E-state index contributed by atoms with van der Waals surface area (Å²) in [5, 5.41) is 11.8. The fraction of sp³-hybridized carbons (Fsp3) is 0.235. The van der Waals surface area contributed by atoms with Crippen molar-refractivity contribution in [1.82, 2.24) is 0 Å². The highest BCUT2D eigenvalue weighted by molar-refractivity contribution is 5.98. The zero-order chi connectivity index (χ0) is 15.2. The number of nitrogens with zero attached hydrogens (tertiary/aromatic N) is 2. The number of hydrogen-bond donors (Lipinski definition) is 2. The molecule has 0 saturated heterocycles. The zero-order valence-corrected chi connectivity index (χ0v) is 12.5. The van der Waals surface area contributed by atoms with Gasteiger partial charge in [-0.05, 0) is 42.7 Å². The van der Waals surface area contributed by atoms with E-state index in [-0.39, 0.29) is 5.84 Å². The maximum atomic E-state index is 8.75. The lowest BCUT2D eigenvalue weighted by atomic mass is 10.1. The van der Waals surface area contributed by atoms with Crippen molar-refractivity contribution in [2.75, 3.05) is 18.5 Å². The molecule has 0 saturated carbocycles. The standard InChI is InChI=1S/C17H21N3O/c1-13-12-15(8-9-16(13)17(18)19-21)20(2)11-10-14-6-4-3-5-7-14/h3-9,12,21H,10-11H2,1-2H3,(H2,18,19). The van der Waals surface area contributed by atoms with Crippen LogP contribution in [0.1, 0.15) is 16.7 Å². The van der Waals surface area contributed by atoms with Crippen molar-refractivity contribution < 1.29 is 5.21 Å². The summed E-state index contributed by atoms with van der Waals surface area (Å²) < 4.78 is 0. The van der Waals surface area contributed by atoms with E-state index in [4.69, 9.17) is 10.9 Å². The van der Waals surface area contributed by atoms with Crippen LogP contribution in [0.5, 0.6) is 0 Å². The first-order chi connectivity index (χ1) is 10.1. The fourth-order valence-corrected chi connectivity index (χ4v) is 2.30. The summed E-state index contributed by atoms with van der Waals surface area (Å²) in [6.45, 7) is 2.90. The second-order valence-electron chi connectivity index (χ2n) is 5.14. The lowest BCUT2D eigenvalue weighted by Gasteiger charge is -2.20. The molecule has 110 valence electrons. The highest BCUT2D eigenvalue weighted by Gasteiger charge is 2.07. The van der Waals surface area contributed by atoms with Crippen molar-refractivity contribution in [3.63, 3.8) is 0 Å². The first-order valence-corrected chi connectivity index (χ1v) is 6.95. The van der Waals surface area contributed by atoms with E-state index in [0.29, 0.717) is 0 Å². The lowest BCUT2D eigenvalue weighted by molar-refractivity contribution is 0.318. The van der Waals surface area contributed by atoms with Crippen LogP contribution in [-0.4, -0.2) is 24.6 Å². The molecule has 2 aromatic carbocycles. The zero-order valence-electron chi connectivity index (χ0n) is 12.5. The van der Waals surface area contributed by atoms with E-state index in [1.165, 1.54) is 5.56 Å². The third-order valence-electron chi connectivity index (χ3n) is 3.61. The van der Waals surface area contributed by atoms with Gasteiger partial charge < -0.3 is 15.8 Å². The molecule has 0 heterocycles. The summed E-state index contributed by atoms with van der Waals surface area (Å²) >= 11 is 0. The number of amidine groups is 1. The molecule has 0 spiro atoms. The average molecular weight is 283 g/mol. The van der Waals surface area contributed by atoms with Crippen molar-refractivity contribution in [1.29, 1.82) is 0 Å². The fourth-order valence-electron chi connectivity index (χ4n) is 2.30. The predicted molar refractivity (Wildman–Crippen MR) is 87.1 cm³/mol. The number of rotatable bonds is 5. The van der Waals surface area contributed by atoms with E-state index < -0.39 is 0 Å². The van der Waals surface area contributed by atoms with Gasteiger partial charge >= 0.3 is 0 Å². The van der Waals surface area contributed by atoms with Gasteiger partial charge in [-0.2, -0.15) is 0 Å². The molecule has 4 heteroatoms. The second kappa shape index (κ2) is 6.79. The normalized spacial score (nSPS) is 11.4. The molecule has 0 bridgehead atoms. The van der Waals surface area contributed by atoms with E-state index >= 15 is 0 Å². The molecule has 0 radical (unpaired) electrons. The Hall–Kier alpha value is -2.49. The minimum absolute atomic E-state index is 0.144. The Kier molecular flexibility index (Phi) is 4.82. The summed E-state index contributed by atoms with van der Waals surface area (Å²) in [4.78, 5) is 2.20. The average Bonchev–Trinajstić information content (AvgIpc) is 2.52. The van der Waals surface area contributed by atoms with Gasteiger partial charge in [-0.15, -0.1) is 0 Å². The molecular formula is C17H21N3O. The third-order valence-corrected chi connectivity index (χ3v) is 3.61. The molecule has 0 aliphatic heterocycles. The van der Waals surface area contributed by atoms with Crippen molar-refractivity contribution in [3.8, 4) is 0 Å². The third kappa shape index (κ3) is 3.75. The van der Waals surface area contributed by atoms with E-state index in [1.807, 2.05) is 25.1 Å². The Morgan fingerprint density at radius 3 is 2.52 bits per heavy atom. The van der Waals surface area contributed by atoms with Crippen LogP contribution >= 0.6 is 0 Å². The number of benzene rings is 2. The Morgan fingerprint density at radius 2 is 1.90 bits per heavy atom. The van der Waals surface area contributed by atoms with Crippen LogP contribution in [0.25, 0.3) is 0 Å². The molecule has 0 aromatic heterocycles. The van der Waals surface area contributed by atoms with Crippen LogP contribution in [0.2, 0.25) is 0 Å². The van der Waals surface area contributed by atoms with Gasteiger partial charge in [0.25, 0.3) is 0 Å². The second-order valence-corrected chi connectivity index (χ2v) is 5.14. The van der Waals surface area contributed by atoms with Crippen molar-refractivity contribution >= 4 is 11.5 Å². The quantitative estimate of drug-likeness (QED) is 0.384. The molecule has 21 heavy (non-hydrogen) atoms. The minimum atomic E-state index is 0.144. The van der Waals surface area contributed by atoms with Gasteiger partial charge in [0.2, 0.25) is 0 Å². The Labute approximate surface area is 125 Å². The van der Waals surface area contributed by atoms with Crippen molar-refractivity contribution in [3.05, 3.63) is 65.2 Å². The summed E-state index contributed by atoms with van der Waals surface area (Å²) in [6.07, 6.45) is 0.998. The van der Waals surface area contributed by atoms with Gasteiger partial charge in [0, 0.05) is 24.8 Å². The van der Waals surface area contributed by atoms with E-state index in [0.717, 1.165) is 29.8 Å². The Morgan fingerprint density at radius 1 is 1.19 bits per heavy atom. The summed E-state index contributed by atoms with van der Waals surface area (Å²) in [5.74, 6) is 0.144. The highest BCUT2D eigenvalue weighted by atomic mass is 16.4. The van der Waals surface area contributed by atoms with Gasteiger partial charge in [0.15, 0.2) is 5.84 Å². The van der Waals surface area contributed by atoms with E-state index in [9.17, 15) is 0 Å². The number of oxime groups is 1. The maximum Gasteiger partial charge on any atom is 0.170 e. The Balaban J connectivity index is 2.06. The predicted octanol–water partition coefficient (Wildman–Crippen LogP) is 2.77. The molecule has 4 nitrogen and oxygen atoms in total. The maximum absolute atomic E-state index is 8.75. The number of hydrogen-bond acceptors (Lipinski definition) is 3. The molecule has 0 aliphatic carbocycles. The smallest absolute Gasteiger partial charge is 0.170 e. The molecular weight excluding hydrogens is 262 g/mol. The first-order valence-electron chi connectivity index (χ1n) is 6.95. The van der Waals surface area contributed by atoms with Crippen molar-refractivity contribution in [2.24, 2.45) is 10.9 Å². The summed E-state index contributed by atoms with van der Waals surface area (Å²) in [5.41, 5.74) is 9.85. The largest absolute Gasteiger partial charge is 0.409 e. The molecule has 0 unspecified atom stereocenters. The molecule has 3 N–H and O–H groups in total. The van der Waals surface area contributed by atoms with E-state index in [1.54, 1.807) is 0 Å². The molecule has 0 atom stereocenters. The molecule has 0 fully saturated rings. The number of aryl methyl sites for hydroxylation is 1. The SMILES string of the molecule is Cc1cc(N(C)CCc2ccccc2)ccc1/C(N)=N/O. The Bertz CT molecular complexity index is 623. The van der Waals surface area contributed by atoms with Crippen LogP contribution in [0.3, 0.4) is 0 Å². The number of nitrogens with two attached hydrogens (primary N) is 1. The molecule has 0 aliphatic rings. The minimum Gasteiger partial charge on any atom is -0.409 e. The number of likely N-dealkylation sites (N-methyl/N-ethyl adjacent to an activating group) is 1.